The van der Waals surface area contributed by atoms with Crippen molar-refractivity contribution in [2.75, 3.05) is 19.7 Å². The molecule has 1 saturated carbocycles. The van der Waals surface area contributed by atoms with Crippen LogP contribution in [0, 0.1) is 12.8 Å². The van der Waals surface area contributed by atoms with E-state index in [9.17, 15) is 18.0 Å². The van der Waals surface area contributed by atoms with Gasteiger partial charge in [-0.15, -0.1) is 0 Å². The molecule has 0 bridgehead atoms. The number of esters is 1. The van der Waals surface area contributed by atoms with Gasteiger partial charge in [-0.25, -0.2) is 13.2 Å². The van der Waals surface area contributed by atoms with Crippen LogP contribution in [0.2, 0.25) is 0 Å². The minimum absolute atomic E-state index is 0.0798. The maximum Gasteiger partial charge on any atom is 0.338 e. The van der Waals surface area contributed by atoms with E-state index in [-0.39, 0.29) is 29.0 Å². The number of hydrogen-bond donors (Lipinski definition) is 1. The van der Waals surface area contributed by atoms with E-state index >= 15 is 0 Å². The third kappa shape index (κ3) is 5.79. The van der Waals surface area contributed by atoms with Gasteiger partial charge in [-0.1, -0.05) is 39.7 Å². The number of aryl methyl sites for hydroxylation is 1. The van der Waals surface area contributed by atoms with Gasteiger partial charge in [-0.3, -0.25) is 4.79 Å². The van der Waals surface area contributed by atoms with Crippen LogP contribution in [-0.2, 0) is 19.6 Å². The SMILES string of the molecule is CCN(CC)S(=O)(=O)c1cc(C(=O)OCC(=O)NC2CCCCC2C)ccc1C. The Labute approximate surface area is 173 Å². The highest BCUT2D eigenvalue weighted by Crippen LogP contribution is 2.24. The number of sulfonamides is 1. The van der Waals surface area contributed by atoms with Crippen LogP contribution in [0.15, 0.2) is 23.1 Å². The van der Waals surface area contributed by atoms with Gasteiger partial charge in [-0.05, 0) is 43.4 Å². The summed E-state index contributed by atoms with van der Waals surface area (Å²) in [6, 6.07) is 4.53. The Kier molecular flexibility index (Phi) is 8.22. The van der Waals surface area contributed by atoms with Crippen molar-refractivity contribution in [1.82, 2.24) is 9.62 Å². The lowest BCUT2D eigenvalue weighted by molar-refractivity contribution is -0.125. The van der Waals surface area contributed by atoms with Gasteiger partial charge in [0, 0.05) is 19.1 Å². The summed E-state index contributed by atoms with van der Waals surface area (Å²) < 4.78 is 32.1. The molecule has 1 aliphatic carbocycles. The smallest absolute Gasteiger partial charge is 0.338 e. The Hall–Kier alpha value is -1.93. The lowest BCUT2D eigenvalue weighted by atomic mass is 9.86. The number of nitrogens with zero attached hydrogens (tertiary/aromatic N) is 1. The van der Waals surface area contributed by atoms with Crippen molar-refractivity contribution in [2.24, 2.45) is 5.92 Å². The fourth-order valence-corrected chi connectivity index (χ4v) is 5.41. The van der Waals surface area contributed by atoms with Crippen molar-refractivity contribution in [3.05, 3.63) is 29.3 Å². The predicted octanol–water partition coefficient (Wildman–Crippen LogP) is 2.88. The molecule has 2 atom stereocenters. The molecule has 2 unspecified atom stereocenters. The first-order valence-electron chi connectivity index (χ1n) is 10.3. The Morgan fingerprint density at radius 1 is 1.17 bits per heavy atom. The molecule has 0 aromatic heterocycles. The summed E-state index contributed by atoms with van der Waals surface area (Å²) in [5.74, 6) is -0.638. The largest absolute Gasteiger partial charge is 0.452 e. The first kappa shape index (κ1) is 23.3. The second-order valence-electron chi connectivity index (χ2n) is 7.58. The Balaban J connectivity index is 2.05. The summed E-state index contributed by atoms with van der Waals surface area (Å²) in [5.41, 5.74) is 0.664. The Morgan fingerprint density at radius 3 is 2.45 bits per heavy atom. The first-order chi connectivity index (χ1) is 13.7. The van der Waals surface area contributed by atoms with E-state index < -0.39 is 16.0 Å². The fraction of sp³-hybridized carbons (Fsp3) is 0.619. The van der Waals surface area contributed by atoms with E-state index in [1.807, 2.05) is 0 Å². The zero-order chi connectivity index (χ0) is 21.6. The minimum atomic E-state index is -3.70. The van der Waals surface area contributed by atoms with Gasteiger partial charge in [-0.2, -0.15) is 4.31 Å². The molecule has 1 N–H and O–H groups in total. The molecule has 0 radical (unpaired) electrons. The van der Waals surface area contributed by atoms with Crippen LogP contribution >= 0.6 is 0 Å². The van der Waals surface area contributed by atoms with Crippen LogP contribution in [0.3, 0.4) is 0 Å². The standard InChI is InChI=1S/C21H32N2O5S/c1-5-23(6-2)29(26,27)19-13-17(12-11-16(19)4)21(25)28-14-20(24)22-18-10-8-7-9-15(18)3/h11-13,15,18H,5-10,14H2,1-4H3,(H,22,24). The van der Waals surface area contributed by atoms with E-state index in [1.54, 1.807) is 26.8 Å². The molecule has 0 heterocycles. The molecule has 162 valence electrons. The predicted molar refractivity (Wildman–Crippen MR) is 111 cm³/mol. The van der Waals surface area contributed by atoms with Crippen LogP contribution in [0.4, 0.5) is 0 Å². The Morgan fingerprint density at radius 2 is 1.83 bits per heavy atom. The van der Waals surface area contributed by atoms with Crippen molar-refractivity contribution in [2.45, 2.75) is 64.3 Å². The van der Waals surface area contributed by atoms with Crippen molar-refractivity contribution >= 4 is 21.9 Å². The number of amides is 1. The quantitative estimate of drug-likeness (QED) is 0.648. The molecule has 0 saturated heterocycles. The van der Waals surface area contributed by atoms with Gasteiger partial charge < -0.3 is 10.1 Å². The van der Waals surface area contributed by atoms with Gasteiger partial charge in [0.25, 0.3) is 5.91 Å². The number of nitrogens with one attached hydrogen (secondary N) is 1. The number of benzene rings is 1. The number of rotatable bonds is 8. The zero-order valence-corrected chi connectivity index (χ0v) is 18.5. The zero-order valence-electron chi connectivity index (χ0n) is 17.7. The summed E-state index contributed by atoms with van der Waals surface area (Å²) >= 11 is 0. The van der Waals surface area contributed by atoms with Gasteiger partial charge >= 0.3 is 5.97 Å². The summed E-state index contributed by atoms with van der Waals surface area (Å²) in [5, 5.41) is 2.93. The molecule has 7 nitrogen and oxygen atoms in total. The maximum absolute atomic E-state index is 12.8. The fourth-order valence-electron chi connectivity index (χ4n) is 3.70. The van der Waals surface area contributed by atoms with Crippen molar-refractivity contribution in [1.29, 1.82) is 0 Å². The first-order valence-corrected chi connectivity index (χ1v) is 11.7. The summed E-state index contributed by atoms with van der Waals surface area (Å²) in [6.45, 7) is 7.62. The summed E-state index contributed by atoms with van der Waals surface area (Å²) in [6.07, 6.45) is 4.28. The average molecular weight is 425 g/mol. The minimum Gasteiger partial charge on any atom is -0.452 e. The molecule has 29 heavy (non-hydrogen) atoms. The molecule has 0 aliphatic heterocycles. The van der Waals surface area contributed by atoms with Crippen molar-refractivity contribution in [3.8, 4) is 0 Å². The van der Waals surface area contributed by atoms with Crippen molar-refractivity contribution in [3.63, 3.8) is 0 Å². The highest BCUT2D eigenvalue weighted by molar-refractivity contribution is 7.89. The molecule has 1 aromatic carbocycles. The van der Waals surface area contributed by atoms with Crippen LogP contribution in [0.5, 0.6) is 0 Å². The van der Waals surface area contributed by atoms with Gasteiger partial charge in [0.1, 0.15) is 0 Å². The van der Waals surface area contributed by atoms with E-state index in [0.717, 1.165) is 19.3 Å². The van der Waals surface area contributed by atoms with E-state index in [4.69, 9.17) is 4.74 Å². The van der Waals surface area contributed by atoms with Gasteiger partial charge in [0.05, 0.1) is 10.5 Å². The molecule has 2 rings (SSSR count). The third-order valence-corrected chi connectivity index (χ3v) is 7.73. The van der Waals surface area contributed by atoms with Crippen molar-refractivity contribution < 1.29 is 22.7 Å². The van der Waals surface area contributed by atoms with Gasteiger partial charge in [0.15, 0.2) is 6.61 Å². The molecule has 8 heteroatoms. The van der Waals surface area contributed by atoms with Crippen LogP contribution < -0.4 is 5.32 Å². The highest BCUT2D eigenvalue weighted by atomic mass is 32.2. The summed E-state index contributed by atoms with van der Waals surface area (Å²) in [7, 11) is -3.70. The number of carbonyl (C=O) groups excluding carboxylic acids is 2. The third-order valence-electron chi connectivity index (χ3n) is 5.54. The topological polar surface area (TPSA) is 92.8 Å². The van der Waals surface area contributed by atoms with Gasteiger partial charge in [0.2, 0.25) is 10.0 Å². The molecule has 1 aromatic rings. The van der Waals surface area contributed by atoms with Crippen LogP contribution in [0.1, 0.15) is 62.4 Å². The van der Waals surface area contributed by atoms with E-state index in [1.165, 1.54) is 22.9 Å². The van der Waals surface area contributed by atoms with Crippen LogP contribution in [0.25, 0.3) is 0 Å². The second kappa shape index (κ2) is 10.2. The molecular formula is C21H32N2O5S. The highest BCUT2D eigenvalue weighted by Gasteiger charge is 2.26. The Bertz CT molecular complexity index is 833. The van der Waals surface area contributed by atoms with Crippen LogP contribution in [-0.4, -0.2) is 50.3 Å². The molecule has 0 spiro atoms. The van der Waals surface area contributed by atoms with E-state index in [0.29, 0.717) is 24.6 Å². The average Bonchev–Trinajstić information content (AvgIpc) is 2.69. The molecule has 1 amide bonds. The second-order valence-corrected chi connectivity index (χ2v) is 9.49. The lowest BCUT2D eigenvalue weighted by Gasteiger charge is -2.29. The molecule has 1 aliphatic rings. The maximum atomic E-state index is 12.8. The number of carbonyl (C=O) groups is 2. The summed E-state index contributed by atoms with van der Waals surface area (Å²) in [4.78, 5) is 24.6. The monoisotopic (exact) mass is 424 g/mol. The lowest BCUT2D eigenvalue weighted by Crippen LogP contribution is -2.42. The van der Waals surface area contributed by atoms with E-state index in [2.05, 4.69) is 12.2 Å². The number of ether oxygens (including phenoxy) is 1. The molecule has 1 fully saturated rings. The normalized spacial score (nSPS) is 19.8. The molecular weight excluding hydrogens is 392 g/mol. The number of hydrogen-bond acceptors (Lipinski definition) is 5.